The Kier molecular flexibility index (Phi) is 6.09. The second-order valence-corrected chi connectivity index (χ2v) is 9.96. The van der Waals surface area contributed by atoms with Crippen LogP contribution in [0.2, 0.25) is 0 Å². The number of aromatic nitrogens is 1. The fraction of sp³-hybridized carbons (Fsp3) is 0.417. The number of carbonyl (C=O) groups excluding carboxylic acids is 4. The maximum absolute atomic E-state index is 12.9. The zero-order chi connectivity index (χ0) is 23.9. The minimum Gasteiger partial charge on any atom is -0.465 e. The van der Waals surface area contributed by atoms with Gasteiger partial charge in [0.15, 0.2) is 6.61 Å². The van der Waals surface area contributed by atoms with E-state index in [-0.39, 0.29) is 23.2 Å². The molecule has 1 aromatic heterocycles. The van der Waals surface area contributed by atoms with E-state index in [2.05, 4.69) is 0 Å². The lowest BCUT2D eigenvalue weighted by Crippen LogP contribution is -2.46. The van der Waals surface area contributed by atoms with Crippen LogP contribution in [0.3, 0.4) is 0 Å². The summed E-state index contributed by atoms with van der Waals surface area (Å²) >= 11 is 1.58. The number of carbonyl (C=O) groups is 4. The second-order valence-electron chi connectivity index (χ2n) is 8.46. The number of amides is 1. The normalized spacial score (nSPS) is 21.8. The molecule has 8 nitrogen and oxygen atoms in total. The van der Waals surface area contributed by atoms with E-state index in [1.165, 1.54) is 7.11 Å². The fourth-order valence-electron chi connectivity index (χ4n) is 4.61. The van der Waals surface area contributed by atoms with Crippen molar-refractivity contribution >= 4 is 35.4 Å². The molecule has 2 aliphatic heterocycles. The number of hydrogen-bond acceptors (Lipinski definition) is 7. The lowest BCUT2D eigenvalue weighted by Gasteiger charge is -2.29. The third-order valence-electron chi connectivity index (χ3n) is 6.34. The molecule has 174 valence electrons. The first kappa shape index (κ1) is 23.1. The van der Waals surface area contributed by atoms with Crippen LogP contribution in [-0.4, -0.2) is 63.5 Å². The van der Waals surface area contributed by atoms with E-state index in [0.29, 0.717) is 35.4 Å². The molecule has 33 heavy (non-hydrogen) atoms. The third-order valence-corrected chi connectivity index (χ3v) is 7.85. The summed E-state index contributed by atoms with van der Waals surface area (Å²) in [6.45, 7) is 5.27. The van der Waals surface area contributed by atoms with Crippen molar-refractivity contribution in [3.63, 3.8) is 0 Å². The van der Waals surface area contributed by atoms with Crippen LogP contribution < -0.4 is 0 Å². The Labute approximate surface area is 196 Å². The van der Waals surface area contributed by atoms with E-state index in [9.17, 15) is 19.2 Å². The molecule has 2 saturated heterocycles. The van der Waals surface area contributed by atoms with Gasteiger partial charge in [0, 0.05) is 34.8 Å². The zero-order valence-electron chi connectivity index (χ0n) is 19.0. The average molecular weight is 471 g/mol. The molecule has 9 heteroatoms. The van der Waals surface area contributed by atoms with Crippen molar-refractivity contribution in [2.45, 2.75) is 44.5 Å². The lowest BCUT2D eigenvalue weighted by molar-refractivity contribution is -0.152. The predicted molar refractivity (Wildman–Crippen MR) is 123 cm³/mol. The summed E-state index contributed by atoms with van der Waals surface area (Å²) in [6.07, 6.45) is 1.14. The Morgan fingerprint density at radius 3 is 2.55 bits per heavy atom. The standard InChI is InChI=1S/C24H26N2O6S/c1-14-11-18(15(2)25(14)17-7-5-16(6-8-17)22(29)31-4)20(27)12-32-23(30)19-13-33-24(3)10-9-21(28)26(19)24/h5-8,11,19H,9-10,12-13H2,1-4H3. The maximum atomic E-state index is 12.9. The molecule has 1 amide bonds. The van der Waals surface area contributed by atoms with Gasteiger partial charge < -0.3 is 18.9 Å². The van der Waals surface area contributed by atoms with Gasteiger partial charge in [0.05, 0.1) is 17.5 Å². The topological polar surface area (TPSA) is 94.9 Å². The van der Waals surface area contributed by atoms with Gasteiger partial charge in [-0.1, -0.05) is 0 Å². The van der Waals surface area contributed by atoms with Crippen LogP contribution in [0, 0.1) is 13.8 Å². The van der Waals surface area contributed by atoms with Crippen LogP contribution in [0.4, 0.5) is 0 Å². The first-order valence-electron chi connectivity index (χ1n) is 10.7. The quantitative estimate of drug-likeness (QED) is 0.473. The molecule has 0 saturated carbocycles. The van der Waals surface area contributed by atoms with E-state index in [1.807, 2.05) is 25.3 Å². The molecule has 2 atom stereocenters. The number of rotatable bonds is 6. The van der Waals surface area contributed by atoms with Crippen molar-refractivity contribution < 1.29 is 28.7 Å². The van der Waals surface area contributed by atoms with E-state index in [1.54, 1.807) is 47.0 Å². The Balaban J connectivity index is 1.46. The van der Waals surface area contributed by atoms with Crippen molar-refractivity contribution in [3.05, 3.63) is 52.8 Å². The number of aryl methyl sites for hydroxylation is 1. The summed E-state index contributed by atoms with van der Waals surface area (Å²) in [7, 11) is 1.33. The second kappa shape index (κ2) is 8.70. The minimum atomic E-state index is -0.649. The molecular weight excluding hydrogens is 444 g/mol. The molecule has 0 bridgehead atoms. The Morgan fingerprint density at radius 2 is 1.88 bits per heavy atom. The largest absolute Gasteiger partial charge is 0.465 e. The predicted octanol–water partition coefficient (Wildman–Crippen LogP) is 3.06. The molecule has 0 aliphatic carbocycles. The van der Waals surface area contributed by atoms with Gasteiger partial charge >= 0.3 is 11.9 Å². The smallest absolute Gasteiger partial charge is 0.337 e. The molecule has 0 N–H and O–H groups in total. The number of hydrogen-bond donors (Lipinski definition) is 0. The van der Waals surface area contributed by atoms with Gasteiger partial charge in [-0.3, -0.25) is 9.59 Å². The Morgan fingerprint density at radius 1 is 1.18 bits per heavy atom. The number of Topliss-reactive ketones (excluding diaryl/α,β-unsaturated/α-hetero) is 1. The molecule has 2 fully saturated rings. The number of ketones is 1. The van der Waals surface area contributed by atoms with E-state index < -0.39 is 18.0 Å². The Bertz CT molecular complexity index is 1140. The summed E-state index contributed by atoms with van der Waals surface area (Å²) in [4.78, 5) is 50.7. The van der Waals surface area contributed by atoms with Crippen molar-refractivity contribution in [1.29, 1.82) is 0 Å². The highest BCUT2D eigenvalue weighted by atomic mass is 32.2. The Hall–Kier alpha value is -3.07. The first-order chi connectivity index (χ1) is 15.7. The summed E-state index contributed by atoms with van der Waals surface area (Å²) in [6, 6.07) is 7.99. The molecule has 4 rings (SSSR count). The summed E-state index contributed by atoms with van der Waals surface area (Å²) < 4.78 is 12.0. The van der Waals surface area contributed by atoms with Crippen LogP contribution in [-0.2, 0) is 19.1 Å². The van der Waals surface area contributed by atoms with Gasteiger partial charge in [0.1, 0.15) is 6.04 Å². The van der Waals surface area contributed by atoms with Gasteiger partial charge in [-0.15, -0.1) is 11.8 Å². The fourth-order valence-corrected chi connectivity index (χ4v) is 6.03. The lowest BCUT2D eigenvalue weighted by atomic mass is 10.1. The van der Waals surface area contributed by atoms with Crippen molar-refractivity contribution in [3.8, 4) is 5.69 Å². The molecule has 0 spiro atoms. The van der Waals surface area contributed by atoms with E-state index in [4.69, 9.17) is 9.47 Å². The molecule has 1 aromatic carbocycles. The minimum absolute atomic E-state index is 0.0439. The number of methoxy groups -OCH3 is 1. The molecule has 3 heterocycles. The zero-order valence-corrected chi connectivity index (χ0v) is 19.9. The highest BCUT2D eigenvalue weighted by molar-refractivity contribution is 8.01. The number of benzene rings is 1. The maximum Gasteiger partial charge on any atom is 0.337 e. The molecule has 2 aliphatic rings. The number of thioether (sulfide) groups is 1. The molecule has 2 aromatic rings. The highest BCUT2D eigenvalue weighted by Crippen LogP contribution is 2.47. The van der Waals surface area contributed by atoms with Crippen molar-refractivity contribution in [1.82, 2.24) is 9.47 Å². The van der Waals surface area contributed by atoms with Crippen LogP contribution >= 0.6 is 11.8 Å². The average Bonchev–Trinajstić information content (AvgIpc) is 3.41. The van der Waals surface area contributed by atoms with Crippen LogP contribution in [0.25, 0.3) is 5.69 Å². The van der Waals surface area contributed by atoms with Gasteiger partial charge in [-0.25, -0.2) is 9.59 Å². The number of fused-ring (bicyclic) bond motifs is 1. The third kappa shape index (κ3) is 4.06. The van der Waals surface area contributed by atoms with Crippen LogP contribution in [0.1, 0.15) is 51.9 Å². The monoisotopic (exact) mass is 470 g/mol. The summed E-state index contributed by atoms with van der Waals surface area (Å²) in [5, 5.41) is 0. The van der Waals surface area contributed by atoms with E-state index >= 15 is 0 Å². The van der Waals surface area contributed by atoms with Gasteiger partial charge in [-0.2, -0.15) is 0 Å². The van der Waals surface area contributed by atoms with Gasteiger partial charge in [0.2, 0.25) is 11.7 Å². The van der Waals surface area contributed by atoms with Crippen molar-refractivity contribution in [2.75, 3.05) is 19.5 Å². The molecule has 2 unspecified atom stereocenters. The van der Waals surface area contributed by atoms with Crippen LogP contribution in [0.5, 0.6) is 0 Å². The first-order valence-corrected chi connectivity index (χ1v) is 11.7. The van der Waals surface area contributed by atoms with Gasteiger partial charge in [0.25, 0.3) is 0 Å². The summed E-state index contributed by atoms with van der Waals surface area (Å²) in [5.41, 5.74) is 3.23. The van der Waals surface area contributed by atoms with E-state index in [0.717, 1.165) is 11.4 Å². The molecular formula is C24H26N2O6S. The van der Waals surface area contributed by atoms with Gasteiger partial charge in [-0.05, 0) is 57.5 Å². The number of nitrogens with zero attached hydrogens (tertiary/aromatic N) is 2. The van der Waals surface area contributed by atoms with Crippen molar-refractivity contribution in [2.24, 2.45) is 0 Å². The number of esters is 2. The number of ether oxygens (including phenoxy) is 2. The van der Waals surface area contributed by atoms with Crippen LogP contribution in [0.15, 0.2) is 30.3 Å². The highest BCUT2D eigenvalue weighted by Gasteiger charge is 2.53. The molecule has 0 radical (unpaired) electrons. The SMILES string of the molecule is COC(=O)c1ccc(-n2c(C)cc(C(=O)COC(=O)C3CSC4(C)CCC(=O)N34)c2C)cc1. The summed E-state index contributed by atoms with van der Waals surface area (Å²) in [5.74, 6) is -0.836.